The van der Waals surface area contributed by atoms with Gasteiger partial charge in [0.1, 0.15) is 0 Å². The molecule has 0 radical (unpaired) electrons. The van der Waals surface area contributed by atoms with E-state index in [4.69, 9.17) is 4.74 Å². The van der Waals surface area contributed by atoms with Gasteiger partial charge in [-0.3, -0.25) is 9.59 Å². The Bertz CT molecular complexity index is 1320. The number of hydrogen-bond acceptors (Lipinski definition) is 5. The van der Waals surface area contributed by atoms with Gasteiger partial charge in [-0.05, 0) is 89.9 Å². The molecule has 0 heterocycles. The van der Waals surface area contributed by atoms with E-state index < -0.39 is 12.1 Å². The Morgan fingerprint density at radius 1 is 0.354 bits per heavy atom. The lowest BCUT2D eigenvalue weighted by Gasteiger charge is -2.20. The van der Waals surface area contributed by atoms with E-state index in [9.17, 15) is 19.8 Å². The topological polar surface area (TPSA) is 95.9 Å². The third kappa shape index (κ3) is 64.8. The zero-order chi connectivity index (χ0) is 57.1. The van der Waals surface area contributed by atoms with Crippen LogP contribution in [0, 0.1) is 0 Å². The number of esters is 1. The number of carbonyl (C=O) groups excluding carboxylic acids is 2. The van der Waals surface area contributed by atoms with Gasteiger partial charge in [-0.15, -0.1) is 0 Å². The van der Waals surface area contributed by atoms with Crippen LogP contribution in [0.15, 0.2) is 48.6 Å². The van der Waals surface area contributed by atoms with Crippen LogP contribution in [0.5, 0.6) is 0 Å². The fourth-order valence-electron chi connectivity index (χ4n) is 10.9. The van der Waals surface area contributed by atoms with Crippen LogP contribution >= 0.6 is 0 Å². The summed E-state index contributed by atoms with van der Waals surface area (Å²) in [5.41, 5.74) is 0. The van der Waals surface area contributed by atoms with E-state index >= 15 is 0 Å². The van der Waals surface area contributed by atoms with Crippen LogP contribution < -0.4 is 5.32 Å². The van der Waals surface area contributed by atoms with E-state index in [0.717, 1.165) is 51.4 Å². The molecule has 0 aliphatic rings. The lowest BCUT2D eigenvalue weighted by molar-refractivity contribution is -0.143. The Labute approximate surface area is 493 Å². The SMILES string of the molecule is CCCCCC/C=C\CCCCCCCC(=O)OCCCCCCCCCCCCC/C=C\C/C=C\CCCCCCCCCCCCCCCCCCCC(=O)NC(CO)C(O)/C=C/CCCCCCCCCCCCCC. The Morgan fingerprint density at radius 3 is 0.987 bits per heavy atom. The zero-order valence-electron chi connectivity index (χ0n) is 53.1. The molecule has 0 aliphatic heterocycles. The predicted octanol–water partition coefficient (Wildman–Crippen LogP) is 22.9. The molecule has 0 fully saturated rings. The number of carbonyl (C=O) groups is 2. The highest BCUT2D eigenvalue weighted by Crippen LogP contribution is 2.18. The summed E-state index contributed by atoms with van der Waals surface area (Å²) >= 11 is 0. The fraction of sp³-hybridized carbons (Fsp3) is 0.863. The number of allylic oxidation sites excluding steroid dienone is 7. The monoisotopic (exact) mass is 1110 g/mol. The molecule has 79 heavy (non-hydrogen) atoms. The van der Waals surface area contributed by atoms with Crippen LogP contribution in [-0.4, -0.2) is 47.4 Å². The van der Waals surface area contributed by atoms with Gasteiger partial charge in [0.2, 0.25) is 5.91 Å². The van der Waals surface area contributed by atoms with Crippen molar-refractivity contribution in [3.8, 4) is 0 Å². The molecule has 0 aromatic rings. The Balaban J connectivity index is 3.38. The Hall–Kier alpha value is -2.18. The van der Waals surface area contributed by atoms with Crippen molar-refractivity contribution in [2.24, 2.45) is 0 Å². The molecule has 0 saturated heterocycles. The summed E-state index contributed by atoms with van der Waals surface area (Å²) in [6, 6.07) is -0.626. The maximum absolute atomic E-state index is 12.5. The first-order chi connectivity index (χ1) is 39.0. The lowest BCUT2D eigenvalue weighted by atomic mass is 10.0. The van der Waals surface area contributed by atoms with Gasteiger partial charge in [0, 0.05) is 12.8 Å². The third-order valence-electron chi connectivity index (χ3n) is 16.3. The Morgan fingerprint density at radius 2 is 0.633 bits per heavy atom. The van der Waals surface area contributed by atoms with Crippen LogP contribution in [0.4, 0.5) is 0 Å². The van der Waals surface area contributed by atoms with Crippen LogP contribution in [0.1, 0.15) is 380 Å². The van der Waals surface area contributed by atoms with Gasteiger partial charge >= 0.3 is 5.97 Å². The summed E-state index contributed by atoms with van der Waals surface area (Å²) in [5, 5.41) is 23.1. The minimum Gasteiger partial charge on any atom is -0.466 e. The third-order valence-corrected chi connectivity index (χ3v) is 16.3. The minimum absolute atomic E-state index is 0.00725. The molecule has 3 N–H and O–H groups in total. The second-order valence-corrected chi connectivity index (χ2v) is 24.2. The van der Waals surface area contributed by atoms with Crippen molar-refractivity contribution in [2.45, 2.75) is 392 Å². The average Bonchev–Trinajstić information content (AvgIpc) is 3.45. The van der Waals surface area contributed by atoms with Gasteiger partial charge in [0.25, 0.3) is 0 Å². The van der Waals surface area contributed by atoms with Gasteiger partial charge in [-0.25, -0.2) is 0 Å². The highest BCUT2D eigenvalue weighted by molar-refractivity contribution is 5.76. The summed E-state index contributed by atoms with van der Waals surface area (Å²) < 4.78 is 5.48. The summed E-state index contributed by atoms with van der Waals surface area (Å²) in [6.07, 6.45) is 89.1. The molecular formula is C73H137NO5. The molecule has 0 aromatic carbocycles. The number of amides is 1. The van der Waals surface area contributed by atoms with Crippen molar-refractivity contribution in [3.05, 3.63) is 48.6 Å². The number of rotatable bonds is 66. The van der Waals surface area contributed by atoms with Crippen molar-refractivity contribution in [1.82, 2.24) is 5.32 Å². The molecule has 0 spiro atoms. The summed E-state index contributed by atoms with van der Waals surface area (Å²) in [4.78, 5) is 24.5. The molecule has 0 bridgehead atoms. The zero-order valence-corrected chi connectivity index (χ0v) is 53.1. The van der Waals surface area contributed by atoms with Crippen molar-refractivity contribution in [1.29, 1.82) is 0 Å². The molecule has 0 aromatic heterocycles. The van der Waals surface area contributed by atoms with Crippen LogP contribution in [0.3, 0.4) is 0 Å². The molecule has 0 aliphatic carbocycles. The van der Waals surface area contributed by atoms with Crippen LogP contribution in [0.25, 0.3) is 0 Å². The number of ether oxygens (including phenoxy) is 1. The van der Waals surface area contributed by atoms with E-state index in [2.05, 4.69) is 55.6 Å². The van der Waals surface area contributed by atoms with Crippen molar-refractivity contribution in [3.63, 3.8) is 0 Å². The van der Waals surface area contributed by atoms with E-state index in [0.29, 0.717) is 19.4 Å². The molecule has 464 valence electrons. The highest BCUT2D eigenvalue weighted by Gasteiger charge is 2.18. The van der Waals surface area contributed by atoms with Gasteiger partial charge < -0.3 is 20.3 Å². The largest absolute Gasteiger partial charge is 0.466 e. The van der Waals surface area contributed by atoms with Crippen LogP contribution in [-0.2, 0) is 14.3 Å². The van der Waals surface area contributed by atoms with Crippen molar-refractivity contribution >= 4 is 11.9 Å². The summed E-state index contributed by atoms with van der Waals surface area (Å²) in [6.45, 7) is 4.90. The van der Waals surface area contributed by atoms with Crippen LogP contribution in [0.2, 0.25) is 0 Å². The fourth-order valence-corrected chi connectivity index (χ4v) is 10.9. The molecule has 6 nitrogen and oxygen atoms in total. The van der Waals surface area contributed by atoms with Gasteiger partial charge in [0.05, 0.1) is 25.4 Å². The number of aliphatic hydroxyl groups excluding tert-OH is 2. The second-order valence-electron chi connectivity index (χ2n) is 24.2. The van der Waals surface area contributed by atoms with E-state index in [-0.39, 0.29) is 18.5 Å². The Kier molecular flexibility index (Phi) is 66.4. The maximum atomic E-state index is 12.5. The standard InChI is InChI=1S/C73H137NO5/c1-3-5-7-9-11-13-15-17-42-45-49-53-57-61-65-71(76)70(69-75)74-72(77)66-62-58-54-50-46-43-39-37-35-33-31-29-27-25-23-21-19-18-20-22-24-26-28-30-32-34-36-38-40-44-48-52-56-60-64-68-79-73(78)67-63-59-55-51-47-41-16-14-12-10-8-6-4-2/h14,16,20,22,26,28,61,65,70-71,75-76H,3-13,15,17-19,21,23-25,27,29-60,62-64,66-69H2,1-2H3,(H,74,77)/b16-14-,22-20-,28-26-,65-61+. The number of aliphatic hydroxyl groups is 2. The van der Waals surface area contributed by atoms with E-state index in [1.807, 2.05) is 6.08 Å². The highest BCUT2D eigenvalue weighted by atomic mass is 16.5. The summed E-state index contributed by atoms with van der Waals surface area (Å²) in [7, 11) is 0. The van der Waals surface area contributed by atoms with Gasteiger partial charge in [-0.2, -0.15) is 0 Å². The first kappa shape index (κ1) is 76.8. The van der Waals surface area contributed by atoms with Crippen molar-refractivity contribution in [2.75, 3.05) is 13.2 Å². The van der Waals surface area contributed by atoms with E-state index in [1.54, 1.807) is 6.08 Å². The molecule has 6 heteroatoms. The molecule has 2 unspecified atom stereocenters. The molecular weight excluding hydrogens is 971 g/mol. The number of hydrogen-bond donors (Lipinski definition) is 3. The van der Waals surface area contributed by atoms with E-state index in [1.165, 1.54) is 302 Å². The normalized spacial score (nSPS) is 12.8. The number of unbranched alkanes of at least 4 members (excludes halogenated alkanes) is 49. The summed E-state index contributed by atoms with van der Waals surface area (Å²) in [5.74, 6) is -0.0570. The first-order valence-electron chi connectivity index (χ1n) is 35.4. The van der Waals surface area contributed by atoms with Gasteiger partial charge in [0.15, 0.2) is 0 Å². The molecule has 0 rings (SSSR count). The molecule has 2 atom stereocenters. The molecule has 1 amide bonds. The maximum Gasteiger partial charge on any atom is 0.305 e. The molecule has 0 saturated carbocycles. The first-order valence-corrected chi connectivity index (χ1v) is 35.4. The smallest absolute Gasteiger partial charge is 0.305 e. The minimum atomic E-state index is -0.843. The quantitative estimate of drug-likeness (QED) is 0.0320. The second kappa shape index (κ2) is 68.3. The van der Waals surface area contributed by atoms with Gasteiger partial charge in [-0.1, -0.05) is 326 Å². The predicted molar refractivity (Wildman–Crippen MR) is 347 cm³/mol. The average molecular weight is 1110 g/mol. The lowest BCUT2D eigenvalue weighted by Crippen LogP contribution is -2.45. The number of nitrogens with one attached hydrogen (secondary N) is 1. The van der Waals surface area contributed by atoms with Crippen molar-refractivity contribution < 1.29 is 24.5 Å².